The number of hydrogen-bond donors (Lipinski definition) is 0. The smallest absolute Gasteiger partial charge is 0.146 e. The summed E-state index contributed by atoms with van der Waals surface area (Å²) < 4.78 is 7.34. The van der Waals surface area contributed by atoms with Crippen LogP contribution in [0.15, 0.2) is 23.0 Å². The van der Waals surface area contributed by atoms with Gasteiger partial charge in [0.1, 0.15) is 11.6 Å². The van der Waals surface area contributed by atoms with Gasteiger partial charge in [0.05, 0.1) is 19.1 Å². The Bertz CT molecular complexity index is 590. The average molecular weight is 303 g/mol. The summed E-state index contributed by atoms with van der Waals surface area (Å²) in [5, 5.41) is 8.83. The van der Waals surface area contributed by atoms with Gasteiger partial charge in [-0.3, -0.25) is 4.90 Å². The third-order valence-electron chi connectivity index (χ3n) is 4.31. The number of hydrogen-bond acceptors (Lipinski definition) is 5. The molecule has 1 atom stereocenters. The van der Waals surface area contributed by atoms with E-state index in [1.807, 2.05) is 12.3 Å². The summed E-state index contributed by atoms with van der Waals surface area (Å²) in [6.45, 7) is 3.97. The fourth-order valence-corrected chi connectivity index (χ4v) is 3.20. The van der Waals surface area contributed by atoms with E-state index in [2.05, 4.69) is 45.7 Å². The molecule has 0 radical (unpaired) electrons. The Morgan fingerprint density at radius 1 is 1.36 bits per heavy atom. The minimum atomic E-state index is 0.467. The minimum Gasteiger partial charge on any atom is -0.472 e. The maximum absolute atomic E-state index is 5.17. The van der Waals surface area contributed by atoms with Crippen molar-refractivity contribution in [3.63, 3.8) is 0 Å². The summed E-state index contributed by atoms with van der Waals surface area (Å²) in [5.74, 6) is 2.62. The number of aromatic nitrogens is 3. The zero-order chi connectivity index (χ0) is 15.5. The quantitative estimate of drug-likeness (QED) is 0.844. The van der Waals surface area contributed by atoms with E-state index in [-0.39, 0.29) is 0 Å². The van der Waals surface area contributed by atoms with Crippen LogP contribution in [-0.2, 0) is 20.1 Å². The standard InChI is InChI=1S/C16H25N5O/c1-19(2)11-15-17-18-16(20(15)3)14-5-4-7-21(10-14)9-13-6-8-22-12-13/h6,8,12,14H,4-5,7,9-11H2,1-3H3/t14-/m1/s1. The van der Waals surface area contributed by atoms with Crippen molar-refractivity contribution in [3.8, 4) is 0 Å². The lowest BCUT2D eigenvalue weighted by atomic mass is 9.97. The monoisotopic (exact) mass is 303 g/mol. The molecule has 0 spiro atoms. The van der Waals surface area contributed by atoms with Crippen LogP contribution in [0.2, 0.25) is 0 Å². The van der Waals surface area contributed by atoms with Gasteiger partial charge < -0.3 is 13.9 Å². The highest BCUT2D eigenvalue weighted by atomic mass is 16.3. The Labute approximate surface area is 131 Å². The minimum absolute atomic E-state index is 0.467. The van der Waals surface area contributed by atoms with E-state index >= 15 is 0 Å². The van der Waals surface area contributed by atoms with Gasteiger partial charge in [0, 0.05) is 31.6 Å². The molecule has 6 heteroatoms. The van der Waals surface area contributed by atoms with Crippen LogP contribution in [0.25, 0.3) is 0 Å². The third kappa shape index (κ3) is 3.39. The van der Waals surface area contributed by atoms with Gasteiger partial charge in [-0.2, -0.15) is 0 Å². The molecule has 120 valence electrons. The molecule has 1 aliphatic heterocycles. The van der Waals surface area contributed by atoms with Gasteiger partial charge >= 0.3 is 0 Å². The van der Waals surface area contributed by atoms with Crippen LogP contribution < -0.4 is 0 Å². The van der Waals surface area contributed by atoms with Crippen molar-refractivity contribution in [1.82, 2.24) is 24.6 Å². The molecular weight excluding hydrogens is 278 g/mol. The Hall–Kier alpha value is -1.66. The van der Waals surface area contributed by atoms with Crippen LogP contribution in [-0.4, -0.2) is 51.7 Å². The van der Waals surface area contributed by atoms with E-state index in [4.69, 9.17) is 4.42 Å². The molecule has 0 unspecified atom stereocenters. The summed E-state index contributed by atoms with van der Waals surface area (Å²) in [6.07, 6.45) is 5.97. The number of likely N-dealkylation sites (tertiary alicyclic amines) is 1. The van der Waals surface area contributed by atoms with Gasteiger partial charge in [-0.1, -0.05) is 0 Å². The van der Waals surface area contributed by atoms with E-state index in [1.165, 1.54) is 18.4 Å². The van der Waals surface area contributed by atoms with Crippen molar-refractivity contribution in [3.05, 3.63) is 35.8 Å². The number of rotatable bonds is 5. The first-order valence-electron chi connectivity index (χ1n) is 7.90. The predicted octanol–water partition coefficient (Wildman–Crippen LogP) is 1.85. The highest BCUT2D eigenvalue weighted by Crippen LogP contribution is 2.26. The molecule has 2 aromatic heterocycles. The maximum atomic E-state index is 5.17. The second-order valence-electron chi connectivity index (χ2n) is 6.48. The van der Waals surface area contributed by atoms with Crippen LogP contribution in [0.3, 0.4) is 0 Å². The van der Waals surface area contributed by atoms with E-state index in [0.717, 1.165) is 37.8 Å². The van der Waals surface area contributed by atoms with Crippen molar-refractivity contribution in [1.29, 1.82) is 0 Å². The van der Waals surface area contributed by atoms with Gasteiger partial charge in [0.15, 0.2) is 0 Å². The Kier molecular flexibility index (Phi) is 4.59. The molecule has 1 aliphatic rings. The molecule has 0 N–H and O–H groups in total. The highest BCUT2D eigenvalue weighted by Gasteiger charge is 2.26. The molecule has 0 saturated carbocycles. The molecule has 2 aromatic rings. The summed E-state index contributed by atoms with van der Waals surface area (Å²) in [7, 11) is 6.20. The predicted molar refractivity (Wildman–Crippen MR) is 84.4 cm³/mol. The van der Waals surface area contributed by atoms with Crippen molar-refractivity contribution >= 4 is 0 Å². The van der Waals surface area contributed by atoms with Crippen LogP contribution in [0.5, 0.6) is 0 Å². The first-order chi connectivity index (χ1) is 10.6. The van der Waals surface area contributed by atoms with Gasteiger partial charge in [-0.05, 0) is 39.5 Å². The lowest BCUT2D eigenvalue weighted by Crippen LogP contribution is -2.34. The van der Waals surface area contributed by atoms with Gasteiger partial charge in [0.25, 0.3) is 0 Å². The molecule has 3 heterocycles. The summed E-state index contributed by atoms with van der Waals surface area (Å²) in [6, 6.07) is 2.04. The van der Waals surface area contributed by atoms with Crippen LogP contribution >= 0.6 is 0 Å². The molecule has 22 heavy (non-hydrogen) atoms. The molecule has 0 aliphatic carbocycles. The molecule has 6 nitrogen and oxygen atoms in total. The zero-order valence-corrected chi connectivity index (χ0v) is 13.7. The normalized spacial score (nSPS) is 19.9. The van der Waals surface area contributed by atoms with Crippen molar-refractivity contribution in [2.75, 3.05) is 27.2 Å². The Morgan fingerprint density at radius 2 is 2.23 bits per heavy atom. The first kappa shape index (κ1) is 15.2. The fraction of sp³-hybridized carbons (Fsp3) is 0.625. The molecule has 0 aromatic carbocycles. The lowest BCUT2D eigenvalue weighted by Gasteiger charge is -2.31. The summed E-state index contributed by atoms with van der Waals surface area (Å²) in [4.78, 5) is 4.61. The summed E-state index contributed by atoms with van der Waals surface area (Å²) >= 11 is 0. The number of nitrogens with zero attached hydrogens (tertiary/aromatic N) is 5. The Morgan fingerprint density at radius 3 is 2.95 bits per heavy atom. The topological polar surface area (TPSA) is 50.3 Å². The second-order valence-corrected chi connectivity index (χ2v) is 6.48. The molecule has 1 fully saturated rings. The zero-order valence-electron chi connectivity index (χ0n) is 13.7. The van der Waals surface area contributed by atoms with Crippen molar-refractivity contribution < 1.29 is 4.42 Å². The largest absolute Gasteiger partial charge is 0.472 e. The summed E-state index contributed by atoms with van der Waals surface area (Å²) in [5.41, 5.74) is 1.24. The van der Waals surface area contributed by atoms with Crippen LogP contribution in [0, 0.1) is 0 Å². The second kappa shape index (κ2) is 6.62. The molecule has 3 rings (SSSR count). The lowest BCUT2D eigenvalue weighted by molar-refractivity contribution is 0.194. The Balaban J connectivity index is 1.68. The van der Waals surface area contributed by atoms with Gasteiger partial charge in [0.2, 0.25) is 0 Å². The maximum Gasteiger partial charge on any atom is 0.146 e. The highest BCUT2D eigenvalue weighted by molar-refractivity contribution is 5.07. The molecule has 0 amide bonds. The van der Waals surface area contributed by atoms with E-state index < -0.39 is 0 Å². The first-order valence-corrected chi connectivity index (χ1v) is 7.90. The van der Waals surface area contributed by atoms with Crippen molar-refractivity contribution in [2.24, 2.45) is 7.05 Å². The number of piperidine rings is 1. The third-order valence-corrected chi connectivity index (χ3v) is 4.31. The van der Waals surface area contributed by atoms with Gasteiger partial charge in [-0.25, -0.2) is 0 Å². The fourth-order valence-electron chi connectivity index (χ4n) is 3.20. The average Bonchev–Trinajstić information content (AvgIpc) is 3.10. The molecular formula is C16H25N5O. The molecule has 1 saturated heterocycles. The van der Waals surface area contributed by atoms with Gasteiger partial charge in [-0.15, -0.1) is 10.2 Å². The van der Waals surface area contributed by atoms with E-state index in [1.54, 1.807) is 6.26 Å². The van der Waals surface area contributed by atoms with Crippen LogP contribution in [0.4, 0.5) is 0 Å². The number of furan rings is 1. The molecule has 0 bridgehead atoms. The van der Waals surface area contributed by atoms with Crippen molar-refractivity contribution in [2.45, 2.75) is 31.8 Å². The van der Waals surface area contributed by atoms with Crippen LogP contribution in [0.1, 0.15) is 36.0 Å². The SMILES string of the molecule is CN(C)Cc1nnc([C@@H]2CCCN(Cc3ccoc3)C2)n1C. The van der Waals surface area contributed by atoms with E-state index in [0.29, 0.717) is 5.92 Å². The van der Waals surface area contributed by atoms with E-state index in [9.17, 15) is 0 Å².